The molecule has 4 heteroatoms. The van der Waals surface area contributed by atoms with E-state index in [1.165, 1.54) is 12.5 Å². The van der Waals surface area contributed by atoms with Crippen molar-refractivity contribution in [1.29, 1.82) is 0 Å². The second kappa shape index (κ2) is 5.68. The number of hydrogen-bond donors (Lipinski definition) is 1. The lowest BCUT2D eigenvalue weighted by Gasteiger charge is -2.40. The highest BCUT2D eigenvalue weighted by Crippen LogP contribution is 2.36. The Balaban J connectivity index is 2.35. The first kappa shape index (κ1) is 14.0. The Morgan fingerprint density at radius 1 is 1.42 bits per heavy atom. The number of anilines is 2. The molecule has 2 atom stereocenters. The molecule has 1 aromatic rings. The molecular formula is C15H23FN2O. The Labute approximate surface area is 114 Å². The highest BCUT2D eigenvalue weighted by atomic mass is 19.1. The van der Waals surface area contributed by atoms with Crippen LogP contribution in [0.25, 0.3) is 0 Å². The maximum Gasteiger partial charge on any atom is 0.167 e. The highest BCUT2D eigenvalue weighted by molar-refractivity contribution is 5.70. The van der Waals surface area contributed by atoms with Gasteiger partial charge in [0.05, 0.1) is 18.0 Å². The van der Waals surface area contributed by atoms with Crippen molar-refractivity contribution in [2.45, 2.75) is 39.7 Å². The molecule has 0 amide bonds. The lowest BCUT2D eigenvalue weighted by Crippen LogP contribution is -2.42. The van der Waals surface area contributed by atoms with E-state index in [4.69, 9.17) is 10.5 Å². The molecule has 2 N–H and O–H groups in total. The van der Waals surface area contributed by atoms with Gasteiger partial charge < -0.3 is 15.4 Å². The van der Waals surface area contributed by atoms with Gasteiger partial charge in [-0.3, -0.25) is 0 Å². The van der Waals surface area contributed by atoms with E-state index in [2.05, 4.69) is 18.7 Å². The molecule has 0 radical (unpaired) electrons. The Morgan fingerprint density at radius 2 is 2.16 bits per heavy atom. The van der Waals surface area contributed by atoms with Gasteiger partial charge >= 0.3 is 0 Å². The van der Waals surface area contributed by atoms with Crippen molar-refractivity contribution >= 4 is 11.4 Å². The number of ether oxygens (including phenoxy) is 1. The van der Waals surface area contributed by atoms with E-state index in [-0.39, 0.29) is 11.6 Å². The fraction of sp³-hybridized carbons (Fsp3) is 0.600. The molecule has 1 aliphatic heterocycles. The molecule has 0 bridgehead atoms. The summed E-state index contributed by atoms with van der Waals surface area (Å²) in [6.45, 7) is 7.72. The zero-order valence-corrected chi connectivity index (χ0v) is 11.9. The van der Waals surface area contributed by atoms with Crippen LogP contribution in [-0.4, -0.2) is 19.2 Å². The number of nitrogens with zero attached hydrogens (tertiary/aromatic N) is 1. The molecule has 0 saturated carbocycles. The van der Waals surface area contributed by atoms with Crippen LogP contribution in [0.1, 0.15) is 33.6 Å². The molecule has 2 rings (SSSR count). The van der Waals surface area contributed by atoms with Crippen LogP contribution in [0, 0.1) is 11.7 Å². The molecule has 106 valence electrons. The van der Waals surface area contributed by atoms with Crippen LogP contribution >= 0.6 is 0 Å². The Kier molecular flexibility index (Phi) is 4.17. The molecule has 1 saturated heterocycles. The van der Waals surface area contributed by atoms with Crippen LogP contribution in [0.2, 0.25) is 0 Å². The van der Waals surface area contributed by atoms with Crippen molar-refractivity contribution in [2.24, 2.45) is 5.92 Å². The third-order valence-electron chi connectivity index (χ3n) is 4.06. The lowest BCUT2D eigenvalue weighted by molar-refractivity contribution is 0.320. The maximum absolute atomic E-state index is 13.7. The first-order valence-corrected chi connectivity index (χ1v) is 7.03. The van der Waals surface area contributed by atoms with E-state index in [0.29, 0.717) is 24.3 Å². The van der Waals surface area contributed by atoms with Gasteiger partial charge in [0, 0.05) is 24.7 Å². The van der Waals surface area contributed by atoms with Gasteiger partial charge in [0.25, 0.3) is 0 Å². The van der Waals surface area contributed by atoms with Crippen LogP contribution in [0.4, 0.5) is 15.8 Å². The summed E-state index contributed by atoms with van der Waals surface area (Å²) in [6.07, 6.45) is 2.38. The van der Waals surface area contributed by atoms with E-state index in [1.54, 1.807) is 6.07 Å². The fourth-order valence-electron chi connectivity index (χ4n) is 2.75. The maximum atomic E-state index is 13.7. The summed E-state index contributed by atoms with van der Waals surface area (Å²) in [7, 11) is 0. The molecule has 3 nitrogen and oxygen atoms in total. The quantitative estimate of drug-likeness (QED) is 0.852. The second-order valence-corrected chi connectivity index (χ2v) is 5.33. The van der Waals surface area contributed by atoms with Gasteiger partial charge in [0.2, 0.25) is 0 Å². The van der Waals surface area contributed by atoms with Gasteiger partial charge in [0.15, 0.2) is 11.6 Å². The molecule has 1 fully saturated rings. The molecular weight excluding hydrogens is 243 g/mol. The van der Waals surface area contributed by atoms with Crippen LogP contribution < -0.4 is 15.4 Å². The van der Waals surface area contributed by atoms with E-state index in [9.17, 15) is 4.39 Å². The molecule has 0 aliphatic carbocycles. The number of hydrogen-bond acceptors (Lipinski definition) is 3. The van der Waals surface area contributed by atoms with E-state index in [0.717, 1.165) is 18.7 Å². The Morgan fingerprint density at radius 3 is 2.84 bits per heavy atom. The number of piperidine rings is 1. The van der Waals surface area contributed by atoms with Gasteiger partial charge in [-0.05, 0) is 32.6 Å². The topological polar surface area (TPSA) is 38.5 Å². The number of halogens is 1. The number of nitrogen functional groups attached to an aromatic ring is 1. The summed E-state index contributed by atoms with van der Waals surface area (Å²) in [4.78, 5) is 2.27. The van der Waals surface area contributed by atoms with Gasteiger partial charge in [0.1, 0.15) is 0 Å². The van der Waals surface area contributed by atoms with Gasteiger partial charge in [-0.1, -0.05) is 6.92 Å². The Hall–Kier alpha value is -1.45. The normalized spacial score (nSPS) is 23.5. The number of benzene rings is 1. The summed E-state index contributed by atoms with van der Waals surface area (Å²) in [5.74, 6) is 0.520. The van der Waals surface area contributed by atoms with Crippen LogP contribution in [0.5, 0.6) is 5.75 Å². The SMILES string of the molecule is CCOc1cc(N2CCCC(C)C2C)c(N)cc1F. The largest absolute Gasteiger partial charge is 0.491 e. The predicted molar refractivity (Wildman–Crippen MR) is 77.2 cm³/mol. The average Bonchev–Trinajstić information content (AvgIpc) is 2.37. The average molecular weight is 266 g/mol. The van der Waals surface area contributed by atoms with Crippen LogP contribution in [0.3, 0.4) is 0 Å². The third-order valence-corrected chi connectivity index (χ3v) is 4.06. The molecule has 2 unspecified atom stereocenters. The predicted octanol–water partition coefficient (Wildman–Crippen LogP) is 3.43. The second-order valence-electron chi connectivity index (χ2n) is 5.33. The van der Waals surface area contributed by atoms with Crippen LogP contribution in [-0.2, 0) is 0 Å². The van der Waals surface area contributed by atoms with Crippen molar-refractivity contribution in [3.63, 3.8) is 0 Å². The molecule has 0 spiro atoms. The number of rotatable bonds is 3. The van der Waals surface area contributed by atoms with Crippen molar-refractivity contribution < 1.29 is 9.13 Å². The molecule has 1 aliphatic rings. The summed E-state index contributed by atoms with van der Waals surface area (Å²) in [5.41, 5.74) is 7.37. The monoisotopic (exact) mass is 266 g/mol. The highest BCUT2D eigenvalue weighted by Gasteiger charge is 2.26. The molecule has 1 heterocycles. The Bertz CT molecular complexity index is 450. The molecule has 0 aromatic heterocycles. The molecule has 19 heavy (non-hydrogen) atoms. The fourth-order valence-corrected chi connectivity index (χ4v) is 2.75. The summed E-state index contributed by atoms with van der Waals surface area (Å²) in [5, 5.41) is 0. The molecule has 1 aromatic carbocycles. The first-order chi connectivity index (χ1) is 9.04. The van der Waals surface area contributed by atoms with Crippen molar-refractivity contribution in [3.05, 3.63) is 17.9 Å². The van der Waals surface area contributed by atoms with E-state index >= 15 is 0 Å². The minimum absolute atomic E-state index is 0.289. The summed E-state index contributed by atoms with van der Waals surface area (Å²) in [6, 6.07) is 3.52. The van der Waals surface area contributed by atoms with Crippen molar-refractivity contribution in [2.75, 3.05) is 23.8 Å². The summed E-state index contributed by atoms with van der Waals surface area (Å²) >= 11 is 0. The van der Waals surface area contributed by atoms with E-state index in [1.807, 2.05) is 6.92 Å². The van der Waals surface area contributed by atoms with Crippen molar-refractivity contribution in [3.8, 4) is 5.75 Å². The van der Waals surface area contributed by atoms with Crippen molar-refractivity contribution in [1.82, 2.24) is 0 Å². The van der Waals surface area contributed by atoms with Crippen LogP contribution in [0.15, 0.2) is 12.1 Å². The third kappa shape index (κ3) is 2.77. The number of nitrogens with two attached hydrogens (primary N) is 1. The van der Waals surface area contributed by atoms with E-state index < -0.39 is 0 Å². The smallest absolute Gasteiger partial charge is 0.167 e. The minimum atomic E-state index is -0.388. The van der Waals surface area contributed by atoms with Gasteiger partial charge in [-0.25, -0.2) is 4.39 Å². The minimum Gasteiger partial charge on any atom is -0.491 e. The zero-order chi connectivity index (χ0) is 14.0. The zero-order valence-electron chi connectivity index (χ0n) is 11.9. The van der Waals surface area contributed by atoms with Gasteiger partial charge in [-0.15, -0.1) is 0 Å². The standard InChI is InChI=1S/C15H23FN2O/c1-4-19-15-9-14(13(17)8-12(15)16)18-7-5-6-10(2)11(18)3/h8-11H,4-7,17H2,1-3H3. The van der Waals surface area contributed by atoms with Gasteiger partial charge in [-0.2, -0.15) is 0 Å². The first-order valence-electron chi connectivity index (χ1n) is 7.03. The summed E-state index contributed by atoms with van der Waals surface area (Å²) < 4.78 is 19.1. The lowest BCUT2D eigenvalue weighted by atomic mass is 9.91.